The number of benzene rings is 1. The zero-order chi connectivity index (χ0) is 22.1. The first-order chi connectivity index (χ1) is 15.6. The van der Waals surface area contributed by atoms with Gasteiger partial charge in [0.1, 0.15) is 12.4 Å². The summed E-state index contributed by atoms with van der Waals surface area (Å²) >= 11 is 0. The van der Waals surface area contributed by atoms with Gasteiger partial charge in [0, 0.05) is 36.5 Å². The molecule has 3 heterocycles. The molecular weight excluding hydrogens is 404 g/mol. The number of nitrogens with zero attached hydrogens (tertiary/aromatic N) is 5. The van der Waals surface area contributed by atoms with E-state index in [9.17, 15) is 4.79 Å². The number of amidine groups is 1. The number of aliphatic imine (C=N–C) groups is 1. The van der Waals surface area contributed by atoms with Crippen molar-refractivity contribution in [3.05, 3.63) is 71.6 Å². The van der Waals surface area contributed by atoms with Gasteiger partial charge in [0.2, 0.25) is 5.90 Å². The van der Waals surface area contributed by atoms with Crippen molar-refractivity contribution in [3.8, 4) is 0 Å². The van der Waals surface area contributed by atoms with Crippen LogP contribution in [0.1, 0.15) is 40.4 Å². The summed E-state index contributed by atoms with van der Waals surface area (Å²) in [5.74, 6) is 1.43. The van der Waals surface area contributed by atoms with Gasteiger partial charge in [-0.1, -0.05) is 18.2 Å². The third-order valence-electron chi connectivity index (χ3n) is 5.83. The number of methoxy groups -OCH3 is 1. The highest BCUT2D eigenvalue weighted by Gasteiger charge is 2.35. The summed E-state index contributed by atoms with van der Waals surface area (Å²) in [5, 5.41) is 9.62. The molecule has 1 amide bonds. The van der Waals surface area contributed by atoms with E-state index in [1.54, 1.807) is 13.3 Å². The van der Waals surface area contributed by atoms with Crippen LogP contribution in [0.4, 0.5) is 5.69 Å². The summed E-state index contributed by atoms with van der Waals surface area (Å²) in [6, 6.07) is 12.1. The Hall–Kier alpha value is -3.68. The van der Waals surface area contributed by atoms with Crippen LogP contribution in [-0.2, 0) is 4.74 Å². The summed E-state index contributed by atoms with van der Waals surface area (Å²) < 4.78 is 5.15. The molecule has 32 heavy (non-hydrogen) atoms. The topological polar surface area (TPSA) is 82.4 Å². The molecule has 2 aromatic rings. The summed E-state index contributed by atoms with van der Waals surface area (Å²) in [4.78, 5) is 23.9. The maximum absolute atomic E-state index is 12.9. The van der Waals surface area contributed by atoms with Crippen LogP contribution >= 0.6 is 0 Å². The van der Waals surface area contributed by atoms with E-state index in [1.165, 1.54) is 12.8 Å². The van der Waals surface area contributed by atoms with Gasteiger partial charge in [-0.15, -0.1) is 0 Å². The number of ether oxygens (including phenoxy) is 1. The van der Waals surface area contributed by atoms with E-state index in [0.717, 1.165) is 29.3 Å². The van der Waals surface area contributed by atoms with E-state index in [4.69, 9.17) is 4.74 Å². The van der Waals surface area contributed by atoms with Crippen LogP contribution in [0.3, 0.4) is 0 Å². The minimum absolute atomic E-state index is 0.0950. The van der Waals surface area contributed by atoms with Crippen LogP contribution in [0.5, 0.6) is 0 Å². The number of carbonyl (C=O) groups excluding carboxylic acids is 1. The lowest BCUT2D eigenvalue weighted by Crippen LogP contribution is -2.32. The maximum atomic E-state index is 12.9. The number of nitrogens with one attached hydrogen (secondary N) is 1. The fourth-order valence-corrected chi connectivity index (χ4v) is 4.02. The molecule has 1 fully saturated rings. The van der Waals surface area contributed by atoms with Gasteiger partial charge < -0.3 is 15.0 Å². The van der Waals surface area contributed by atoms with Gasteiger partial charge >= 0.3 is 0 Å². The normalized spacial score (nSPS) is 20.1. The fraction of sp³-hybridized carbons (Fsp3) is 0.333. The number of dihydropyridines is 1. The highest BCUT2D eigenvalue weighted by atomic mass is 16.5. The van der Waals surface area contributed by atoms with Crippen LogP contribution in [0.2, 0.25) is 0 Å². The largest absolute Gasteiger partial charge is 0.481 e. The number of amides is 1. The Bertz CT molecular complexity index is 1120. The number of anilines is 1. The van der Waals surface area contributed by atoms with Crippen LogP contribution < -0.4 is 5.32 Å². The Labute approximate surface area is 187 Å². The van der Waals surface area contributed by atoms with E-state index in [1.807, 2.05) is 60.6 Å². The first-order valence-corrected chi connectivity index (χ1v) is 10.8. The molecule has 0 bridgehead atoms. The fourth-order valence-electron chi connectivity index (χ4n) is 4.02. The summed E-state index contributed by atoms with van der Waals surface area (Å²) in [6.45, 7) is 1.39. The molecule has 164 valence electrons. The summed E-state index contributed by atoms with van der Waals surface area (Å²) in [6.07, 6.45) is 7.98. The maximum Gasteiger partial charge on any atom is 0.274 e. The highest BCUT2D eigenvalue weighted by Crippen LogP contribution is 2.31. The zero-order valence-corrected chi connectivity index (χ0v) is 18.2. The number of hydrazone groups is 1. The molecule has 1 atom stereocenters. The molecule has 1 N–H and O–H groups in total. The summed E-state index contributed by atoms with van der Waals surface area (Å²) in [5.41, 5.74) is 3.09. The Kier molecular flexibility index (Phi) is 5.34. The van der Waals surface area contributed by atoms with Crippen LogP contribution in [-0.4, -0.2) is 65.9 Å². The highest BCUT2D eigenvalue weighted by molar-refractivity contribution is 6.05. The average molecular weight is 431 g/mol. The van der Waals surface area contributed by atoms with Gasteiger partial charge in [-0.2, -0.15) is 5.10 Å². The van der Waals surface area contributed by atoms with E-state index < -0.39 is 0 Å². The van der Waals surface area contributed by atoms with Crippen LogP contribution in [0.15, 0.2) is 64.8 Å². The molecule has 0 saturated heterocycles. The van der Waals surface area contributed by atoms with Gasteiger partial charge in [0.05, 0.1) is 13.7 Å². The van der Waals surface area contributed by atoms with Crippen LogP contribution in [0, 0.1) is 0 Å². The molecule has 1 saturated carbocycles. The molecule has 1 aromatic carbocycles. The van der Waals surface area contributed by atoms with Crippen molar-refractivity contribution >= 4 is 23.3 Å². The number of pyridine rings is 1. The van der Waals surface area contributed by atoms with E-state index in [0.29, 0.717) is 24.2 Å². The Morgan fingerprint density at radius 1 is 1.22 bits per heavy atom. The third kappa shape index (κ3) is 4.21. The number of rotatable bonds is 5. The third-order valence-corrected chi connectivity index (χ3v) is 5.83. The lowest BCUT2D eigenvalue weighted by molar-refractivity contribution is 0.102. The number of aromatic nitrogens is 1. The Balaban J connectivity index is 1.31. The quantitative estimate of drug-likeness (QED) is 0.788. The molecule has 2 aliphatic heterocycles. The van der Waals surface area contributed by atoms with Gasteiger partial charge in [-0.05, 0) is 48.7 Å². The second kappa shape index (κ2) is 8.45. The van der Waals surface area contributed by atoms with Crippen molar-refractivity contribution in [1.82, 2.24) is 14.9 Å². The standard InChI is InChI=1S/C24H26N6O2/c1-29-15-30(20-7-8-20)23(28-29)17-4-3-5-19(12-17)27-24(31)21-13-16(10-11-25-21)18-6-9-22(32-2)26-14-18/h3-6,9-13,18,20H,7-8,14-15H2,1-2H3,(H,27,31). The molecule has 0 radical (unpaired) electrons. The predicted octanol–water partition coefficient (Wildman–Crippen LogP) is 3.06. The molecule has 5 rings (SSSR count). The molecule has 1 aliphatic carbocycles. The second-order valence-corrected chi connectivity index (χ2v) is 8.28. The molecule has 1 unspecified atom stereocenters. The number of hydrogen-bond acceptors (Lipinski definition) is 7. The monoisotopic (exact) mass is 430 g/mol. The van der Waals surface area contributed by atoms with Crippen molar-refractivity contribution in [2.24, 2.45) is 10.1 Å². The van der Waals surface area contributed by atoms with Crippen molar-refractivity contribution in [1.29, 1.82) is 0 Å². The molecule has 8 nitrogen and oxygen atoms in total. The number of carbonyl (C=O) groups is 1. The summed E-state index contributed by atoms with van der Waals surface area (Å²) in [7, 11) is 3.59. The molecule has 0 spiro atoms. The first kappa shape index (κ1) is 20.2. The Morgan fingerprint density at radius 2 is 2.09 bits per heavy atom. The lowest BCUT2D eigenvalue weighted by atomic mass is 9.97. The van der Waals surface area contributed by atoms with Crippen molar-refractivity contribution in [3.63, 3.8) is 0 Å². The van der Waals surface area contributed by atoms with Gasteiger partial charge in [0.15, 0.2) is 5.84 Å². The van der Waals surface area contributed by atoms with E-state index in [2.05, 4.69) is 25.3 Å². The predicted molar refractivity (Wildman–Crippen MR) is 124 cm³/mol. The van der Waals surface area contributed by atoms with Crippen LogP contribution in [0.25, 0.3) is 0 Å². The van der Waals surface area contributed by atoms with Gasteiger partial charge in [-0.25, -0.2) is 0 Å². The minimum atomic E-state index is -0.241. The second-order valence-electron chi connectivity index (χ2n) is 8.28. The Morgan fingerprint density at radius 3 is 2.84 bits per heavy atom. The molecular formula is C24H26N6O2. The molecule has 1 aromatic heterocycles. The molecule has 3 aliphatic rings. The van der Waals surface area contributed by atoms with Gasteiger partial charge in [-0.3, -0.25) is 19.8 Å². The average Bonchev–Trinajstić information content (AvgIpc) is 3.60. The van der Waals surface area contributed by atoms with E-state index in [-0.39, 0.29) is 11.8 Å². The van der Waals surface area contributed by atoms with Crippen molar-refractivity contribution in [2.45, 2.75) is 24.8 Å². The SMILES string of the molecule is COC1=NCC(c2ccnc(C(=O)Nc3cccc(C4=NN(C)CN4C4CC4)c3)c2)C=C1. The van der Waals surface area contributed by atoms with Gasteiger partial charge in [0.25, 0.3) is 5.91 Å². The lowest BCUT2D eigenvalue weighted by Gasteiger charge is -2.20. The smallest absolute Gasteiger partial charge is 0.274 e. The van der Waals surface area contributed by atoms with Crippen molar-refractivity contribution < 1.29 is 9.53 Å². The minimum Gasteiger partial charge on any atom is -0.481 e. The van der Waals surface area contributed by atoms with Crippen molar-refractivity contribution in [2.75, 3.05) is 32.7 Å². The van der Waals surface area contributed by atoms with E-state index >= 15 is 0 Å². The zero-order valence-electron chi connectivity index (χ0n) is 18.2. The number of hydrogen-bond donors (Lipinski definition) is 1. The first-order valence-electron chi connectivity index (χ1n) is 10.8. The molecule has 8 heteroatoms.